The fraction of sp³-hybridized carbons (Fsp3) is 0.383. The second kappa shape index (κ2) is 20.2. The predicted molar refractivity (Wildman–Crippen MR) is 237 cm³/mol. The minimum atomic E-state index is -1.12. The van der Waals surface area contributed by atoms with Crippen LogP contribution in [-0.4, -0.2) is 62.8 Å². The smallest absolute Gasteiger partial charge is 0.407 e. The van der Waals surface area contributed by atoms with Crippen LogP contribution in [0.3, 0.4) is 0 Å². The highest BCUT2D eigenvalue weighted by Crippen LogP contribution is 2.48. The first-order chi connectivity index (χ1) is 27.7. The number of esters is 1. The number of thioether (sulfide) groups is 2. The molecule has 3 atom stereocenters. The number of nitrogens with one attached hydrogen (secondary N) is 2. The van der Waals surface area contributed by atoms with Gasteiger partial charge in [-0.3, -0.25) is 9.79 Å². The number of rotatable bonds is 17. The number of nitrogens with zero attached hydrogens (tertiary/aromatic N) is 2. The van der Waals surface area contributed by atoms with Gasteiger partial charge in [-0.25, -0.2) is 14.6 Å². The number of alkyl carbamates (subject to hydrolysis) is 1. The molecule has 3 aromatic carbocycles. The molecule has 0 radical (unpaired) electrons. The van der Waals surface area contributed by atoms with E-state index in [1.54, 1.807) is 33.8 Å². The zero-order valence-electron chi connectivity index (χ0n) is 34.6. The molecule has 58 heavy (non-hydrogen) atoms. The third kappa shape index (κ3) is 11.6. The van der Waals surface area contributed by atoms with E-state index < -0.39 is 40.1 Å². The SMILES string of the molecule is CC[C@@H](/C=C/CCSC(c1ccccc1)(c1ccccc1)c1ccccc1)OC(=O)C(NC(=O)[C@]1(C)CSC(c2cccc(CNC(=O)OC(C)(C)C)n2)=N1)C(C)C. The number of carbonyl (C=O) groups excluding carboxylic acids is 3. The van der Waals surface area contributed by atoms with Crippen LogP contribution < -0.4 is 10.6 Å². The molecule has 306 valence electrons. The highest BCUT2D eigenvalue weighted by molar-refractivity contribution is 8.14. The summed E-state index contributed by atoms with van der Waals surface area (Å²) >= 11 is 3.32. The Morgan fingerprint density at radius 2 is 1.47 bits per heavy atom. The number of amides is 2. The molecule has 0 saturated heterocycles. The maximum atomic E-state index is 13.8. The van der Waals surface area contributed by atoms with Gasteiger partial charge in [0.25, 0.3) is 0 Å². The minimum absolute atomic E-state index is 0.182. The average Bonchev–Trinajstić information content (AvgIpc) is 3.63. The van der Waals surface area contributed by atoms with Crippen LogP contribution in [0.2, 0.25) is 0 Å². The van der Waals surface area contributed by atoms with E-state index >= 15 is 0 Å². The van der Waals surface area contributed by atoms with Crippen molar-refractivity contribution < 1.29 is 23.9 Å². The van der Waals surface area contributed by atoms with Crippen molar-refractivity contribution in [3.05, 3.63) is 149 Å². The summed E-state index contributed by atoms with van der Waals surface area (Å²) < 4.78 is 10.9. The van der Waals surface area contributed by atoms with Crippen molar-refractivity contribution in [3.63, 3.8) is 0 Å². The molecule has 5 rings (SSSR count). The molecule has 1 aliphatic heterocycles. The molecule has 11 heteroatoms. The lowest BCUT2D eigenvalue weighted by Gasteiger charge is -2.35. The lowest BCUT2D eigenvalue weighted by Crippen LogP contribution is -2.53. The maximum Gasteiger partial charge on any atom is 0.407 e. The molecular weight excluding hydrogens is 765 g/mol. The molecule has 0 spiro atoms. The van der Waals surface area contributed by atoms with Crippen molar-refractivity contribution in [2.45, 2.75) is 95.9 Å². The maximum absolute atomic E-state index is 13.8. The summed E-state index contributed by atoms with van der Waals surface area (Å²) in [6.45, 7) is 13.1. The lowest BCUT2D eigenvalue weighted by molar-refractivity contribution is -0.152. The van der Waals surface area contributed by atoms with Crippen molar-refractivity contribution in [1.82, 2.24) is 15.6 Å². The van der Waals surface area contributed by atoms with Crippen molar-refractivity contribution >= 4 is 46.5 Å². The molecule has 0 saturated carbocycles. The molecule has 1 aliphatic rings. The molecule has 9 nitrogen and oxygen atoms in total. The van der Waals surface area contributed by atoms with Crippen molar-refractivity contribution in [2.75, 3.05) is 11.5 Å². The summed E-state index contributed by atoms with van der Waals surface area (Å²) in [5, 5.41) is 6.30. The minimum Gasteiger partial charge on any atom is -0.457 e. The fourth-order valence-electron chi connectivity index (χ4n) is 6.49. The summed E-state index contributed by atoms with van der Waals surface area (Å²) in [6, 6.07) is 36.5. The third-order valence-electron chi connectivity index (χ3n) is 9.54. The van der Waals surface area contributed by atoms with Crippen molar-refractivity contribution in [1.29, 1.82) is 0 Å². The van der Waals surface area contributed by atoms with Gasteiger partial charge in [-0.2, -0.15) is 0 Å². The number of aromatic nitrogens is 1. The first kappa shape index (κ1) is 44.2. The Labute approximate surface area is 352 Å². The standard InChI is InChI=1S/C47H56N4O5S2/c1-8-38(28-18-19-30-58-47(34-21-12-9-13-22-34,35-23-14-10-15-24-35)36-25-16-11-17-26-36)55-42(52)40(33(2)3)50-43(53)46(7)32-57-41(51-46)39-29-20-27-37(49-39)31-48-44(54)56-45(4,5)6/h9-18,20-29,33,38,40H,8,19,30-32H2,1-7H3,(H,48,54)(H,50,53)/b28-18+/t38-,40?,46-/m0/s1. The van der Waals surface area contributed by atoms with Gasteiger partial charge in [0.1, 0.15) is 28.3 Å². The second-order valence-electron chi connectivity index (χ2n) is 15.8. The Morgan fingerprint density at radius 3 is 2.00 bits per heavy atom. The first-order valence-corrected chi connectivity index (χ1v) is 21.9. The molecule has 0 aliphatic carbocycles. The number of pyridine rings is 1. The van der Waals surface area contributed by atoms with Gasteiger partial charge in [0.05, 0.1) is 22.7 Å². The van der Waals surface area contributed by atoms with Crippen LogP contribution in [-0.2, 0) is 30.4 Å². The quantitative estimate of drug-likeness (QED) is 0.0468. The number of aliphatic imine (C=N–C) groups is 1. The Balaban J connectivity index is 1.20. The van der Waals surface area contributed by atoms with Crippen LogP contribution in [0.1, 0.15) is 89.4 Å². The van der Waals surface area contributed by atoms with E-state index in [1.807, 2.05) is 68.9 Å². The molecule has 0 fully saturated rings. The van der Waals surface area contributed by atoms with Gasteiger partial charge in [-0.05, 0) is 87.1 Å². The van der Waals surface area contributed by atoms with E-state index in [4.69, 9.17) is 14.5 Å². The summed E-state index contributed by atoms with van der Waals surface area (Å²) in [5.41, 5.74) is 3.15. The zero-order chi connectivity index (χ0) is 41.8. The predicted octanol–water partition coefficient (Wildman–Crippen LogP) is 9.49. The van der Waals surface area contributed by atoms with E-state index in [1.165, 1.54) is 28.5 Å². The van der Waals surface area contributed by atoms with Crippen LogP contribution in [0, 0.1) is 5.92 Å². The van der Waals surface area contributed by atoms with Gasteiger partial charge in [-0.15, -0.1) is 23.5 Å². The highest BCUT2D eigenvalue weighted by atomic mass is 32.2. The van der Waals surface area contributed by atoms with E-state index in [2.05, 4.69) is 94.5 Å². The summed E-state index contributed by atoms with van der Waals surface area (Å²) in [7, 11) is 0. The third-order valence-corrected chi connectivity index (χ3v) is 12.4. The van der Waals surface area contributed by atoms with E-state index in [-0.39, 0.29) is 18.4 Å². The number of hydrogen-bond donors (Lipinski definition) is 2. The second-order valence-corrected chi connectivity index (χ2v) is 18.0. The molecular formula is C47H56N4O5S2. The molecule has 2 N–H and O–H groups in total. The number of ether oxygens (including phenoxy) is 2. The average molecular weight is 821 g/mol. The summed E-state index contributed by atoms with van der Waals surface area (Å²) in [4.78, 5) is 49.0. The Bertz CT molecular complexity index is 1940. The van der Waals surface area contributed by atoms with Crippen molar-refractivity contribution in [3.8, 4) is 0 Å². The molecule has 1 unspecified atom stereocenters. The summed E-state index contributed by atoms with van der Waals surface area (Å²) in [5.74, 6) is 0.164. The number of hydrogen-bond acceptors (Lipinski definition) is 9. The van der Waals surface area contributed by atoms with Gasteiger partial charge < -0.3 is 20.1 Å². The lowest BCUT2D eigenvalue weighted by atomic mass is 9.84. The van der Waals surface area contributed by atoms with Gasteiger partial charge in [-0.1, -0.05) is 124 Å². The normalized spacial score (nSPS) is 16.7. The first-order valence-electron chi connectivity index (χ1n) is 19.9. The van der Waals surface area contributed by atoms with E-state index in [9.17, 15) is 14.4 Å². The van der Waals surface area contributed by atoms with E-state index in [0.717, 1.165) is 12.2 Å². The summed E-state index contributed by atoms with van der Waals surface area (Å²) in [6.07, 6.45) is 4.44. The van der Waals surface area contributed by atoms with E-state index in [0.29, 0.717) is 28.6 Å². The van der Waals surface area contributed by atoms with Crippen LogP contribution in [0.25, 0.3) is 0 Å². The fourth-order valence-corrected chi connectivity index (χ4v) is 9.10. The van der Waals surface area contributed by atoms with Crippen LogP contribution >= 0.6 is 23.5 Å². The topological polar surface area (TPSA) is 119 Å². The monoisotopic (exact) mass is 820 g/mol. The Hall–Kier alpha value is -4.87. The largest absolute Gasteiger partial charge is 0.457 e. The van der Waals surface area contributed by atoms with Gasteiger partial charge in [0.2, 0.25) is 5.91 Å². The van der Waals surface area contributed by atoms with Gasteiger partial charge >= 0.3 is 12.1 Å². The number of benzene rings is 3. The highest BCUT2D eigenvalue weighted by Gasteiger charge is 2.42. The van der Waals surface area contributed by atoms with Crippen molar-refractivity contribution in [2.24, 2.45) is 10.9 Å². The Morgan fingerprint density at radius 1 is 0.879 bits per heavy atom. The molecule has 2 amide bonds. The van der Waals surface area contributed by atoms with Gasteiger partial charge in [0.15, 0.2) is 0 Å². The molecule has 2 heterocycles. The molecule has 0 bridgehead atoms. The molecule has 4 aromatic rings. The number of allylic oxidation sites excluding steroid dienone is 1. The zero-order valence-corrected chi connectivity index (χ0v) is 36.2. The van der Waals surface area contributed by atoms with Gasteiger partial charge in [0, 0.05) is 5.75 Å². The number of carbonyl (C=O) groups is 3. The molecule has 1 aromatic heterocycles. The van der Waals surface area contributed by atoms with Crippen LogP contribution in [0.4, 0.5) is 4.79 Å². The Kier molecular flexibility index (Phi) is 15.4. The van der Waals surface area contributed by atoms with Crippen LogP contribution in [0.5, 0.6) is 0 Å². The van der Waals surface area contributed by atoms with Crippen LogP contribution in [0.15, 0.2) is 126 Å².